The number of rotatable bonds is 6. The van der Waals surface area contributed by atoms with Gasteiger partial charge in [0.1, 0.15) is 11.5 Å². The van der Waals surface area contributed by atoms with Crippen LogP contribution in [0.2, 0.25) is 0 Å². The molecule has 2 aromatic carbocycles. The predicted octanol–water partition coefficient (Wildman–Crippen LogP) is 3.82. The summed E-state index contributed by atoms with van der Waals surface area (Å²) in [5.41, 5.74) is 2.49. The fraction of sp³-hybridized carbons (Fsp3) is 0.364. The summed E-state index contributed by atoms with van der Waals surface area (Å²) in [5.74, 6) is 0.806. The summed E-state index contributed by atoms with van der Waals surface area (Å²) in [5, 5.41) is 3.00. The molecule has 28 heavy (non-hydrogen) atoms. The zero-order valence-corrected chi connectivity index (χ0v) is 16.7. The Balaban J connectivity index is 1.79. The Hall–Kier alpha value is -3.02. The van der Waals surface area contributed by atoms with Crippen LogP contribution < -0.4 is 19.7 Å². The average Bonchev–Trinajstić information content (AvgIpc) is 3.09. The fourth-order valence-electron chi connectivity index (χ4n) is 3.47. The van der Waals surface area contributed by atoms with Crippen LogP contribution in [-0.4, -0.2) is 32.6 Å². The second-order valence-corrected chi connectivity index (χ2v) is 7.17. The van der Waals surface area contributed by atoms with Crippen molar-refractivity contribution in [2.24, 2.45) is 5.92 Å². The summed E-state index contributed by atoms with van der Waals surface area (Å²) in [7, 11) is 3.12. The number of hydrogen-bond donors (Lipinski definition) is 1. The van der Waals surface area contributed by atoms with Crippen molar-refractivity contribution < 1.29 is 19.1 Å². The first kappa shape index (κ1) is 19.7. The molecule has 1 aliphatic rings. The van der Waals surface area contributed by atoms with Crippen molar-refractivity contribution >= 4 is 23.2 Å². The molecule has 1 fully saturated rings. The molecule has 0 radical (unpaired) electrons. The number of hydrogen-bond acceptors (Lipinski definition) is 4. The van der Waals surface area contributed by atoms with Gasteiger partial charge in [-0.1, -0.05) is 32.0 Å². The van der Waals surface area contributed by atoms with Crippen molar-refractivity contribution in [2.45, 2.75) is 26.2 Å². The van der Waals surface area contributed by atoms with Crippen LogP contribution in [0.4, 0.5) is 11.4 Å². The molecule has 6 nitrogen and oxygen atoms in total. The molecule has 0 spiro atoms. The van der Waals surface area contributed by atoms with E-state index in [1.807, 2.05) is 24.3 Å². The van der Waals surface area contributed by atoms with E-state index in [-0.39, 0.29) is 18.2 Å². The number of carbonyl (C=O) groups excluding carboxylic acids is 2. The van der Waals surface area contributed by atoms with Crippen molar-refractivity contribution in [3.63, 3.8) is 0 Å². The van der Waals surface area contributed by atoms with Gasteiger partial charge in [0.2, 0.25) is 11.8 Å². The number of ether oxygens (including phenoxy) is 2. The number of benzene rings is 2. The normalized spacial score (nSPS) is 16.4. The van der Waals surface area contributed by atoms with Crippen LogP contribution in [0.5, 0.6) is 11.5 Å². The number of methoxy groups -OCH3 is 2. The SMILES string of the molecule is COc1ccc(OC)c(N2CC(C(=O)Nc3ccccc3C(C)C)CC2=O)c1. The quantitative estimate of drug-likeness (QED) is 0.825. The van der Waals surface area contributed by atoms with E-state index in [1.165, 1.54) is 0 Å². The van der Waals surface area contributed by atoms with Crippen molar-refractivity contribution in [1.82, 2.24) is 0 Å². The first-order valence-corrected chi connectivity index (χ1v) is 9.36. The lowest BCUT2D eigenvalue weighted by Crippen LogP contribution is -2.28. The van der Waals surface area contributed by atoms with Crippen molar-refractivity contribution in [2.75, 3.05) is 31.0 Å². The van der Waals surface area contributed by atoms with E-state index >= 15 is 0 Å². The van der Waals surface area contributed by atoms with Crippen LogP contribution >= 0.6 is 0 Å². The largest absolute Gasteiger partial charge is 0.497 e. The predicted molar refractivity (Wildman–Crippen MR) is 109 cm³/mol. The summed E-state index contributed by atoms with van der Waals surface area (Å²) in [4.78, 5) is 27.1. The van der Waals surface area contributed by atoms with Crippen LogP contribution in [0, 0.1) is 5.92 Å². The van der Waals surface area contributed by atoms with Crippen LogP contribution in [0.25, 0.3) is 0 Å². The Kier molecular flexibility index (Phi) is 5.87. The molecule has 6 heteroatoms. The molecule has 1 N–H and O–H groups in total. The number of anilines is 2. The number of carbonyl (C=O) groups is 2. The molecule has 1 aliphatic heterocycles. The third-order valence-corrected chi connectivity index (χ3v) is 5.01. The highest BCUT2D eigenvalue weighted by atomic mass is 16.5. The second-order valence-electron chi connectivity index (χ2n) is 7.17. The molecule has 0 bridgehead atoms. The fourth-order valence-corrected chi connectivity index (χ4v) is 3.47. The van der Waals surface area contributed by atoms with Gasteiger partial charge in [-0.25, -0.2) is 0 Å². The highest BCUT2D eigenvalue weighted by molar-refractivity contribution is 6.04. The maximum absolute atomic E-state index is 12.8. The van der Waals surface area contributed by atoms with E-state index in [2.05, 4.69) is 19.2 Å². The Morgan fingerprint density at radius 2 is 1.89 bits per heavy atom. The van der Waals surface area contributed by atoms with Gasteiger partial charge < -0.3 is 19.7 Å². The standard InChI is InChI=1S/C22H26N2O4/c1-14(2)17-7-5-6-8-18(17)23-22(26)15-11-21(25)24(13-15)19-12-16(27-3)9-10-20(19)28-4/h5-10,12,14-15H,11,13H2,1-4H3,(H,23,26). The van der Waals surface area contributed by atoms with E-state index in [0.29, 0.717) is 29.6 Å². The smallest absolute Gasteiger partial charge is 0.229 e. The minimum atomic E-state index is -0.427. The molecule has 3 rings (SSSR count). The number of nitrogens with one attached hydrogen (secondary N) is 1. The van der Waals surface area contributed by atoms with Gasteiger partial charge in [0, 0.05) is 24.7 Å². The first-order valence-electron chi connectivity index (χ1n) is 9.36. The summed E-state index contributed by atoms with van der Waals surface area (Å²) in [6.07, 6.45) is 0.163. The zero-order valence-electron chi connectivity index (χ0n) is 16.7. The molecular formula is C22H26N2O4. The molecule has 0 aromatic heterocycles. The van der Waals surface area contributed by atoms with E-state index in [4.69, 9.17) is 9.47 Å². The van der Waals surface area contributed by atoms with Crippen LogP contribution in [-0.2, 0) is 9.59 Å². The lowest BCUT2D eigenvalue weighted by molar-refractivity contribution is -0.122. The van der Waals surface area contributed by atoms with Crippen molar-refractivity contribution in [3.05, 3.63) is 48.0 Å². The van der Waals surface area contributed by atoms with Gasteiger partial charge in [0.15, 0.2) is 0 Å². The van der Waals surface area contributed by atoms with Gasteiger partial charge >= 0.3 is 0 Å². The van der Waals surface area contributed by atoms with Gasteiger partial charge in [0.05, 0.1) is 25.8 Å². The molecular weight excluding hydrogens is 356 g/mol. The molecule has 1 heterocycles. The average molecular weight is 382 g/mol. The molecule has 0 aliphatic carbocycles. The maximum atomic E-state index is 12.8. The van der Waals surface area contributed by atoms with E-state index < -0.39 is 5.92 Å². The molecule has 0 saturated carbocycles. The van der Waals surface area contributed by atoms with Gasteiger partial charge in [-0.05, 0) is 29.7 Å². The van der Waals surface area contributed by atoms with E-state index in [0.717, 1.165) is 11.3 Å². The molecule has 1 atom stereocenters. The summed E-state index contributed by atoms with van der Waals surface area (Å²) in [6.45, 7) is 4.47. The zero-order chi connectivity index (χ0) is 20.3. The maximum Gasteiger partial charge on any atom is 0.229 e. The van der Waals surface area contributed by atoms with Crippen molar-refractivity contribution in [1.29, 1.82) is 0 Å². The topological polar surface area (TPSA) is 67.9 Å². The highest BCUT2D eigenvalue weighted by Crippen LogP contribution is 2.36. The molecule has 148 valence electrons. The Bertz CT molecular complexity index is 879. The van der Waals surface area contributed by atoms with Crippen LogP contribution in [0.15, 0.2) is 42.5 Å². The minimum absolute atomic E-state index is 0.108. The third-order valence-electron chi connectivity index (χ3n) is 5.01. The summed E-state index contributed by atoms with van der Waals surface area (Å²) < 4.78 is 10.7. The molecule has 1 saturated heterocycles. The van der Waals surface area contributed by atoms with E-state index in [9.17, 15) is 9.59 Å². The van der Waals surface area contributed by atoms with Gasteiger partial charge in [0.25, 0.3) is 0 Å². The Labute approximate surface area is 165 Å². The summed E-state index contributed by atoms with van der Waals surface area (Å²) in [6, 6.07) is 13.0. The van der Waals surface area contributed by atoms with Gasteiger partial charge in [-0.15, -0.1) is 0 Å². The number of nitrogens with zero attached hydrogens (tertiary/aromatic N) is 1. The monoisotopic (exact) mass is 382 g/mol. The lowest BCUT2D eigenvalue weighted by atomic mass is 10.0. The summed E-state index contributed by atoms with van der Waals surface area (Å²) >= 11 is 0. The van der Waals surface area contributed by atoms with Crippen molar-refractivity contribution in [3.8, 4) is 11.5 Å². The van der Waals surface area contributed by atoms with Gasteiger partial charge in [-0.3, -0.25) is 9.59 Å². The highest BCUT2D eigenvalue weighted by Gasteiger charge is 2.36. The van der Waals surface area contributed by atoms with Crippen LogP contribution in [0.1, 0.15) is 31.7 Å². The van der Waals surface area contributed by atoms with Gasteiger partial charge in [-0.2, -0.15) is 0 Å². The van der Waals surface area contributed by atoms with E-state index in [1.54, 1.807) is 37.3 Å². The number of para-hydroxylation sites is 1. The Morgan fingerprint density at radius 1 is 1.14 bits per heavy atom. The van der Waals surface area contributed by atoms with Crippen LogP contribution in [0.3, 0.4) is 0 Å². The Morgan fingerprint density at radius 3 is 2.57 bits per heavy atom. The third kappa shape index (κ3) is 3.96. The second kappa shape index (κ2) is 8.33. The molecule has 2 aromatic rings. The molecule has 2 amide bonds. The first-order chi connectivity index (χ1) is 13.4. The number of amides is 2. The minimum Gasteiger partial charge on any atom is -0.497 e. The molecule has 1 unspecified atom stereocenters. The lowest BCUT2D eigenvalue weighted by Gasteiger charge is -2.20.